The Balaban J connectivity index is 1.35. The van der Waals surface area contributed by atoms with Gasteiger partial charge in [0.15, 0.2) is 11.6 Å². The van der Waals surface area contributed by atoms with Crippen molar-refractivity contribution >= 4 is 11.6 Å². The lowest BCUT2D eigenvalue weighted by Crippen LogP contribution is -2.45. The predicted octanol–water partition coefficient (Wildman–Crippen LogP) is 2.75. The van der Waals surface area contributed by atoms with Gasteiger partial charge in [-0.15, -0.1) is 0 Å². The Bertz CT molecular complexity index is 889. The van der Waals surface area contributed by atoms with Gasteiger partial charge in [-0.25, -0.2) is 8.78 Å². The lowest BCUT2D eigenvalue weighted by molar-refractivity contribution is -0.120. The van der Waals surface area contributed by atoms with E-state index in [1.807, 2.05) is 24.3 Å². The van der Waals surface area contributed by atoms with Crippen molar-refractivity contribution in [2.24, 2.45) is 0 Å². The normalized spacial score (nSPS) is 14.4. The molecule has 5 nitrogen and oxygen atoms in total. The second-order valence-electron chi connectivity index (χ2n) is 7.12. The summed E-state index contributed by atoms with van der Waals surface area (Å²) < 4.78 is 26.1. The number of benzene rings is 2. The van der Waals surface area contributed by atoms with Gasteiger partial charge in [-0.05, 0) is 42.7 Å². The maximum Gasteiger partial charge on any atom is 0.224 e. The Labute approximate surface area is 169 Å². The first kappa shape index (κ1) is 20.7. The topological polar surface area (TPSA) is 68.2 Å². The van der Waals surface area contributed by atoms with E-state index in [4.69, 9.17) is 0 Å². The SMILES string of the molecule is N#Cc1ccccc1N1CCC(NCCNC(=O)Cc2ccc(F)c(F)c2)CC1. The van der Waals surface area contributed by atoms with Crippen molar-refractivity contribution in [2.45, 2.75) is 25.3 Å². The highest BCUT2D eigenvalue weighted by Crippen LogP contribution is 2.23. The first-order chi connectivity index (χ1) is 14.1. The molecule has 0 bridgehead atoms. The number of nitrogens with one attached hydrogen (secondary N) is 2. The number of hydrogen-bond acceptors (Lipinski definition) is 4. The summed E-state index contributed by atoms with van der Waals surface area (Å²) in [5, 5.41) is 15.5. The summed E-state index contributed by atoms with van der Waals surface area (Å²) in [6, 6.07) is 13.7. The molecule has 1 heterocycles. The van der Waals surface area contributed by atoms with Gasteiger partial charge in [0.1, 0.15) is 6.07 Å². The lowest BCUT2D eigenvalue weighted by atomic mass is 10.0. The average Bonchev–Trinajstić information content (AvgIpc) is 2.74. The number of carbonyl (C=O) groups is 1. The third-order valence-electron chi connectivity index (χ3n) is 5.09. The summed E-state index contributed by atoms with van der Waals surface area (Å²) in [5.41, 5.74) is 2.12. The summed E-state index contributed by atoms with van der Waals surface area (Å²) in [6.07, 6.45) is 1.94. The van der Waals surface area contributed by atoms with Crippen molar-refractivity contribution in [3.8, 4) is 6.07 Å². The second kappa shape index (κ2) is 9.99. The molecule has 1 fully saturated rings. The zero-order valence-electron chi connectivity index (χ0n) is 16.1. The van der Waals surface area contributed by atoms with Crippen LogP contribution in [0.2, 0.25) is 0 Å². The van der Waals surface area contributed by atoms with E-state index in [0.29, 0.717) is 30.3 Å². The van der Waals surface area contributed by atoms with Crippen LogP contribution in [-0.4, -0.2) is 38.1 Å². The van der Waals surface area contributed by atoms with E-state index >= 15 is 0 Å². The van der Waals surface area contributed by atoms with E-state index in [1.165, 1.54) is 6.07 Å². The van der Waals surface area contributed by atoms with Crippen molar-refractivity contribution in [3.05, 3.63) is 65.2 Å². The zero-order chi connectivity index (χ0) is 20.6. The van der Waals surface area contributed by atoms with Gasteiger partial charge in [0.05, 0.1) is 17.7 Å². The number of carbonyl (C=O) groups excluding carboxylic acids is 1. The number of anilines is 1. The van der Waals surface area contributed by atoms with Gasteiger partial charge in [0.2, 0.25) is 5.91 Å². The van der Waals surface area contributed by atoms with E-state index in [-0.39, 0.29) is 12.3 Å². The van der Waals surface area contributed by atoms with E-state index in [2.05, 4.69) is 21.6 Å². The Morgan fingerprint density at radius 1 is 1.10 bits per heavy atom. The molecule has 29 heavy (non-hydrogen) atoms. The van der Waals surface area contributed by atoms with E-state index in [0.717, 1.165) is 43.8 Å². The minimum absolute atomic E-state index is 0.0217. The van der Waals surface area contributed by atoms with Gasteiger partial charge in [-0.1, -0.05) is 18.2 Å². The van der Waals surface area contributed by atoms with Gasteiger partial charge in [0, 0.05) is 32.2 Å². The number of rotatable bonds is 7. The third-order valence-corrected chi connectivity index (χ3v) is 5.09. The van der Waals surface area contributed by atoms with Crippen LogP contribution in [0.25, 0.3) is 0 Å². The van der Waals surface area contributed by atoms with Crippen molar-refractivity contribution in [2.75, 3.05) is 31.1 Å². The molecule has 2 N–H and O–H groups in total. The van der Waals surface area contributed by atoms with E-state index < -0.39 is 11.6 Å². The van der Waals surface area contributed by atoms with Crippen molar-refractivity contribution in [1.29, 1.82) is 5.26 Å². The van der Waals surface area contributed by atoms with Crippen molar-refractivity contribution in [3.63, 3.8) is 0 Å². The first-order valence-corrected chi connectivity index (χ1v) is 9.75. The molecule has 2 aromatic carbocycles. The van der Waals surface area contributed by atoms with Crippen LogP contribution in [0.15, 0.2) is 42.5 Å². The smallest absolute Gasteiger partial charge is 0.224 e. The van der Waals surface area contributed by atoms with Crippen molar-refractivity contribution < 1.29 is 13.6 Å². The molecule has 0 atom stereocenters. The third kappa shape index (κ3) is 5.75. The fourth-order valence-electron chi connectivity index (χ4n) is 3.54. The molecule has 0 unspecified atom stereocenters. The van der Waals surface area contributed by atoms with Crippen LogP contribution in [0.4, 0.5) is 14.5 Å². The molecule has 1 aliphatic rings. The fourth-order valence-corrected chi connectivity index (χ4v) is 3.54. The minimum Gasteiger partial charge on any atom is -0.370 e. The largest absolute Gasteiger partial charge is 0.370 e. The van der Waals surface area contributed by atoms with Crippen LogP contribution in [-0.2, 0) is 11.2 Å². The number of para-hydroxylation sites is 1. The zero-order valence-corrected chi connectivity index (χ0v) is 16.1. The van der Waals surface area contributed by atoms with Gasteiger partial charge >= 0.3 is 0 Å². The quantitative estimate of drug-likeness (QED) is 0.704. The van der Waals surface area contributed by atoms with Gasteiger partial charge in [-0.2, -0.15) is 5.26 Å². The van der Waals surface area contributed by atoms with Gasteiger partial charge in [-0.3, -0.25) is 4.79 Å². The monoisotopic (exact) mass is 398 g/mol. The molecule has 152 valence electrons. The summed E-state index contributed by atoms with van der Waals surface area (Å²) in [5.74, 6) is -2.08. The molecular weight excluding hydrogens is 374 g/mol. The summed E-state index contributed by atoms with van der Waals surface area (Å²) in [7, 11) is 0. The molecule has 0 radical (unpaired) electrons. The molecular formula is C22H24F2N4O. The Morgan fingerprint density at radius 2 is 1.86 bits per heavy atom. The standard InChI is InChI=1S/C22H24F2N4O/c23-19-6-5-16(13-20(19)24)14-22(29)27-10-9-26-18-7-11-28(12-8-18)21-4-2-1-3-17(21)15-25/h1-6,13,18,26H,7-12,14H2,(H,27,29). The van der Waals surface area contributed by atoms with Crippen LogP contribution in [0.3, 0.4) is 0 Å². The predicted molar refractivity (Wildman–Crippen MR) is 107 cm³/mol. The molecule has 1 amide bonds. The van der Waals surface area contributed by atoms with Gasteiger partial charge in [0.25, 0.3) is 0 Å². The first-order valence-electron chi connectivity index (χ1n) is 9.75. The second-order valence-corrected chi connectivity index (χ2v) is 7.12. The molecule has 1 aliphatic heterocycles. The van der Waals surface area contributed by atoms with Crippen molar-refractivity contribution in [1.82, 2.24) is 10.6 Å². The minimum atomic E-state index is -0.944. The fraction of sp³-hybridized carbons (Fsp3) is 0.364. The van der Waals surface area contributed by atoms with Crippen LogP contribution in [0.1, 0.15) is 24.0 Å². The Kier molecular flexibility index (Phi) is 7.14. The molecule has 0 saturated carbocycles. The summed E-state index contributed by atoms with van der Waals surface area (Å²) in [4.78, 5) is 14.2. The molecule has 0 aromatic heterocycles. The van der Waals surface area contributed by atoms with E-state index in [1.54, 1.807) is 0 Å². The Hall–Kier alpha value is -2.98. The maximum absolute atomic E-state index is 13.2. The number of hydrogen-bond donors (Lipinski definition) is 2. The Morgan fingerprint density at radius 3 is 2.59 bits per heavy atom. The molecule has 2 aromatic rings. The molecule has 7 heteroatoms. The number of nitrogens with zero attached hydrogens (tertiary/aromatic N) is 2. The van der Waals surface area contributed by atoms with E-state index in [9.17, 15) is 18.8 Å². The highest BCUT2D eigenvalue weighted by molar-refractivity contribution is 5.78. The number of amides is 1. The lowest BCUT2D eigenvalue weighted by Gasteiger charge is -2.34. The summed E-state index contributed by atoms with van der Waals surface area (Å²) >= 11 is 0. The summed E-state index contributed by atoms with van der Waals surface area (Å²) in [6.45, 7) is 2.86. The molecule has 3 rings (SSSR count). The maximum atomic E-state index is 13.2. The average molecular weight is 398 g/mol. The number of nitriles is 1. The molecule has 0 spiro atoms. The number of piperidine rings is 1. The van der Waals surface area contributed by atoms with Crippen LogP contribution < -0.4 is 15.5 Å². The highest BCUT2D eigenvalue weighted by atomic mass is 19.2. The molecule has 0 aliphatic carbocycles. The van der Waals surface area contributed by atoms with Crippen LogP contribution in [0, 0.1) is 23.0 Å². The van der Waals surface area contributed by atoms with Crippen LogP contribution >= 0.6 is 0 Å². The highest BCUT2D eigenvalue weighted by Gasteiger charge is 2.20. The number of halogens is 2. The molecule has 1 saturated heterocycles. The van der Waals surface area contributed by atoms with Gasteiger partial charge < -0.3 is 15.5 Å². The van der Waals surface area contributed by atoms with Crippen LogP contribution in [0.5, 0.6) is 0 Å².